The number of H-pyrrole nitrogens is 1. The number of fused-ring (bicyclic) bond motifs is 1. The number of hydrogen-bond acceptors (Lipinski definition) is 3. The van der Waals surface area contributed by atoms with E-state index in [4.69, 9.17) is 4.74 Å². The first-order chi connectivity index (χ1) is 10.2. The van der Waals surface area contributed by atoms with Crippen LogP contribution in [0.5, 0.6) is 5.75 Å². The molecule has 2 heterocycles. The molecule has 0 unspecified atom stereocenters. The van der Waals surface area contributed by atoms with E-state index >= 15 is 0 Å². The smallest absolute Gasteiger partial charge is 0.336 e. The molecular weight excluding hydrogens is 264 g/mol. The standard InChI is InChI=1S/C17H14N2O2/c1-12-7-9-18-11-13(12)5-6-17(20)21-16-4-2-3-15-14(16)8-10-19-15/h2-11,19H,1H3/b6-5+. The van der Waals surface area contributed by atoms with Crippen molar-refractivity contribution in [3.8, 4) is 5.75 Å². The lowest BCUT2D eigenvalue weighted by Crippen LogP contribution is -2.03. The van der Waals surface area contributed by atoms with Crippen LogP contribution >= 0.6 is 0 Å². The van der Waals surface area contributed by atoms with Crippen molar-refractivity contribution in [2.75, 3.05) is 0 Å². The van der Waals surface area contributed by atoms with E-state index in [9.17, 15) is 4.79 Å². The molecule has 104 valence electrons. The second kappa shape index (κ2) is 5.63. The second-order valence-corrected chi connectivity index (χ2v) is 4.68. The van der Waals surface area contributed by atoms with Crippen molar-refractivity contribution >= 4 is 22.9 Å². The van der Waals surface area contributed by atoms with Crippen LogP contribution in [0.2, 0.25) is 0 Å². The fourth-order valence-electron chi connectivity index (χ4n) is 2.10. The molecule has 2 aromatic heterocycles. The van der Waals surface area contributed by atoms with E-state index in [1.165, 1.54) is 6.08 Å². The van der Waals surface area contributed by atoms with Crippen LogP contribution in [0.3, 0.4) is 0 Å². The minimum Gasteiger partial charge on any atom is -0.423 e. The van der Waals surface area contributed by atoms with Crippen molar-refractivity contribution in [2.45, 2.75) is 6.92 Å². The first kappa shape index (κ1) is 13.1. The summed E-state index contributed by atoms with van der Waals surface area (Å²) >= 11 is 0. The van der Waals surface area contributed by atoms with Gasteiger partial charge >= 0.3 is 5.97 Å². The van der Waals surface area contributed by atoms with E-state index < -0.39 is 5.97 Å². The van der Waals surface area contributed by atoms with Gasteiger partial charge in [-0.25, -0.2) is 4.79 Å². The number of carbonyl (C=O) groups is 1. The van der Waals surface area contributed by atoms with Crippen LogP contribution in [-0.2, 0) is 4.79 Å². The first-order valence-electron chi connectivity index (χ1n) is 6.60. The average Bonchev–Trinajstić information content (AvgIpc) is 2.96. The van der Waals surface area contributed by atoms with Gasteiger partial charge in [-0.1, -0.05) is 6.07 Å². The molecule has 0 bridgehead atoms. The number of carbonyl (C=O) groups excluding carboxylic acids is 1. The van der Waals surface area contributed by atoms with Crippen LogP contribution in [0.15, 0.2) is 55.0 Å². The molecule has 4 nitrogen and oxygen atoms in total. The number of aryl methyl sites for hydroxylation is 1. The number of nitrogens with one attached hydrogen (secondary N) is 1. The van der Waals surface area contributed by atoms with Gasteiger partial charge in [0.15, 0.2) is 0 Å². The van der Waals surface area contributed by atoms with Crippen molar-refractivity contribution in [1.29, 1.82) is 0 Å². The first-order valence-corrected chi connectivity index (χ1v) is 6.60. The summed E-state index contributed by atoms with van der Waals surface area (Å²) in [6.07, 6.45) is 8.37. The van der Waals surface area contributed by atoms with Crippen LogP contribution in [-0.4, -0.2) is 15.9 Å². The highest BCUT2D eigenvalue weighted by molar-refractivity contribution is 5.93. The van der Waals surface area contributed by atoms with Gasteiger partial charge in [-0.15, -0.1) is 0 Å². The predicted octanol–water partition coefficient (Wildman–Crippen LogP) is 3.49. The Balaban J connectivity index is 1.78. The number of rotatable bonds is 3. The van der Waals surface area contributed by atoms with Crippen molar-refractivity contribution in [1.82, 2.24) is 9.97 Å². The zero-order chi connectivity index (χ0) is 14.7. The quantitative estimate of drug-likeness (QED) is 0.453. The SMILES string of the molecule is Cc1ccncc1/C=C/C(=O)Oc1cccc2[nH]ccc12. The average molecular weight is 278 g/mol. The third-order valence-corrected chi connectivity index (χ3v) is 3.24. The van der Waals surface area contributed by atoms with Crippen LogP contribution < -0.4 is 4.74 Å². The van der Waals surface area contributed by atoms with Crippen molar-refractivity contribution in [3.05, 3.63) is 66.1 Å². The van der Waals surface area contributed by atoms with Gasteiger partial charge in [-0.05, 0) is 48.4 Å². The molecule has 0 amide bonds. The van der Waals surface area contributed by atoms with Gasteiger partial charge in [-0.2, -0.15) is 0 Å². The Labute approximate surface area is 122 Å². The summed E-state index contributed by atoms with van der Waals surface area (Å²) in [6, 6.07) is 9.33. The third-order valence-electron chi connectivity index (χ3n) is 3.24. The molecule has 0 spiro atoms. The number of hydrogen-bond donors (Lipinski definition) is 1. The molecule has 0 saturated heterocycles. The van der Waals surface area contributed by atoms with Crippen molar-refractivity contribution < 1.29 is 9.53 Å². The summed E-state index contributed by atoms with van der Waals surface area (Å²) in [4.78, 5) is 19.0. The highest BCUT2D eigenvalue weighted by Crippen LogP contribution is 2.24. The number of pyridine rings is 1. The van der Waals surface area contributed by atoms with Crippen LogP contribution in [0.4, 0.5) is 0 Å². The van der Waals surface area contributed by atoms with E-state index in [2.05, 4.69) is 9.97 Å². The van der Waals surface area contributed by atoms with Crippen LogP contribution in [0, 0.1) is 6.92 Å². The van der Waals surface area contributed by atoms with Gasteiger partial charge in [-0.3, -0.25) is 4.98 Å². The highest BCUT2D eigenvalue weighted by Gasteiger charge is 2.06. The van der Waals surface area contributed by atoms with Gasteiger partial charge in [0.25, 0.3) is 0 Å². The maximum atomic E-state index is 11.9. The Morgan fingerprint density at radius 2 is 2.19 bits per heavy atom. The summed E-state index contributed by atoms with van der Waals surface area (Å²) in [5.41, 5.74) is 2.89. The second-order valence-electron chi connectivity index (χ2n) is 4.68. The zero-order valence-electron chi connectivity index (χ0n) is 11.5. The molecule has 0 radical (unpaired) electrons. The minimum atomic E-state index is -0.410. The Morgan fingerprint density at radius 1 is 1.29 bits per heavy atom. The lowest BCUT2D eigenvalue weighted by molar-refractivity contribution is -0.128. The number of benzene rings is 1. The lowest BCUT2D eigenvalue weighted by Gasteiger charge is -2.03. The van der Waals surface area contributed by atoms with Gasteiger partial charge in [0.2, 0.25) is 0 Å². The van der Waals surface area contributed by atoms with Crippen molar-refractivity contribution in [3.63, 3.8) is 0 Å². The monoisotopic (exact) mass is 278 g/mol. The van der Waals surface area contributed by atoms with Crippen LogP contribution in [0.25, 0.3) is 17.0 Å². The summed E-state index contributed by atoms with van der Waals surface area (Å²) in [6.45, 7) is 1.97. The normalized spacial score (nSPS) is 11.1. The fraction of sp³-hybridized carbons (Fsp3) is 0.0588. The molecule has 0 aliphatic carbocycles. The number of nitrogens with zero attached hydrogens (tertiary/aromatic N) is 1. The van der Waals surface area contributed by atoms with Gasteiger partial charge < -0.3 is 9.72 Å². The Morgan fingerprint density at radius 3 is 3.05 bits per heavy atom. The van der Waals surface area contributed by atoms with Gasteiger partial charge in [0, 0.05) is 35.6 Å². The van der Waals surface area contributed by atoms with E-state index in [1.807, 2.05) is 37.4 Å². The molecule has 3 rings (SSSR count). The van der Waals surface area contributed by atoms with Gasteiger partial charge in [0.1, 0.15) is 5.75 Å². The molecule has 0 atom stereocenters. The summed E-state index contributed by atoms with van der Waals surface area (Å²) in [7, 11) is 0. The predicted molar refractivity (Wildman–Crippen MR) is 81.9 cm³/mol. The fourth-order valence-corrected chi connectivity index (χ4v) is 2.10. The maximum Gasteiger partial charge on any atom is 0.336 e. The van der Waals surface area contributed by atoms with E-state index in [-0.39, 0.29) is 0 Å². The molecular formula is C17H14N2O2. The van der Waals surface area contributed by atoms with Crippen molar-refractivity contribution in [2.24, 2.45) is 0 Å². The lowest BCUT2D eigenvalue weighted by atomic mass is 10.1. The third kappa shape index (κ3) is 2.84. The summed E-state index contributed by atoms with van der Waals surface area (Å²) < 4.78 is 5.38. The van der Waals surface area contributed by atoms with E-state index in [1.54, 1.807) is 24.5 Å². The molecule has 21 heavy (non-hydrogen) atoms. The number of ether oxygens (including phenoxy) is 1. The Bertz CT molecular complexity index is 818. The molecule has 0 fully saturated rings. The molecule has 1 aromatic carbocycles. The number of esters is 1. The molecule has 0 aliphatic heterocycles. The highest BCUT2D eigenvalue weighted by atomic mass is 16.5. The molecule has 0 saturated carbocycles. The maximum absolute atomic E-state index is 11.9. The summed E-state index contributed by atoms with van der Waals surface area (Å²) in [5, 5.41) is 0.886. The Kier molecular flexibility index (Phi) is 3.51. The number of aromatic nitrogens is 2. The van der Waals surface area contributed by atoms with Crippen LogP contribution in [0.1, 0.15) is 11.1 Å². The van der Waals surface area contributed by atoms with E-state index in [0.717, 1.165) is 22.0 Å². The minimum absolute atomic E-state index is 0.410. The zero-order valence-corrected chi connectivity index (χ0v) is 11.5. The summed E-state index contributed by atoms with van der Waals surface area (Å²) in [5.74, 6) is 0.137. The largest absolute Gasteiger partial charge is 0.423 e. The molecule has 0 aliphatic rings. The topological polar surface area (TPSA) is 55.0 Å². The van der Waals surface area contributed by atoms with Gasteiger partial charge in [0.05, 0.1) is 0 Å². The molecule has 4 heteroatoms. The number of aromatic amines is 1. The molecule has 1 N–H and O–H groups in total. The van der Waals surface area contributed by atoms with E-state index in [0.29, 0.717) is 5.75 Å². The molecule has 3 aromatic rings. The Hall–Kier alpha value is -2.88.